The van der Waals surface area contributed by atoms with Crippen LogP contribution in [0.1, 0.15) is 10.4 Å². The molecule has 4 N–H and O–H groups in total. The maximum atomic E-state index is 11.0. The molecule has 0 radical (unpaired) electrons. The van der Waals surface area contributed by atoms with Crippen molar-refractivity contribution in [3.05, 3.63) is 30.1 Å². The van der Waals surface area contributed by atoms with Crippen LogP contribution < -0.4 is 11.1 Å². The molecule has 0 fully saturated rings. The Hall–Kier alpha value is -2.57. The molecule has 0 atom stereocenters. The van der Waals surface area contributed by atoms with Crippen LogP contribution in [0.4, 0.5) is 10.5 Å². The average molecular weight is 220 g/mol. The van der Waals surface area contributed by atoms with E-state index in [1.165, 1.54) is 29.0 Å². The van der Waals surface area contributed by atoms with Gasteiger partial charge in [0.05, 0.1) is 17.3 Å². The second-order valence-electron chi connectivity index (χ2n) is 3.10. The van der Waals surface area contributed by atoms with Gasteiger partial charge in [0.15, 0.2) is 0 Å². The maximum absolute atomic E-state index is 11.0. The highest BCUT2D eigenvalue weighted by molar-refractivity contribution is 6.00. The smallest absolute Gasteiger partial charge is 0.409 e. The van der Waals surface area contributed by atoms with Gasteiger partial charge in [-0.15, -0.1) is 0 Å². The van der Waals surface area contributed by atoms with Gasteiger partial charge in [0, 0.05) is 11.9 Å². The number of anilines is 1. The van der Waals surface area contributed by atoms with Crippen molar-refractivity contribution in [3.63, 3.8) is 0 Å². The zero-order valence-electron chi connectivity index (χ0n) is 8.04. The summed E-state index contributed by atoms with van der Waals surface area (Å²) in [6.45, 7) is 0. The van der Waals surface area contributed by atoms with Gasteiger partial charge in [-0.2, -0.15) is 5.10 Å². The van der Waals surface area contributed by atoms with Crippen LogP contribution in [0.3, 0.4) is 0 Å². The van der Waals surface area contributed by atoms with Gasteiger partial charge in [-0.25, -0.2) is 9.31 Å². The van der Waals surface area contributed by atoms with Crippen molar-refractivity contribution >= 4 is 23.2 Å². The lowest BCUT2D eigenvalue weighted by atomic mass is 10.2. The van der Waals surface area contributed by atoms with E-state index in [9.17, 15) is 9.59 Å². The summed E-state index contributed by atoms with van der Waals surface area (Å²) in [5.41, 5.74) is 6.20. The summed E-state index contributed by atoms with van der Waals surface area (Å²) in [6, 6.07) is 3.01. The molecule has 7 nitrogen and oxygen atoms in total. The number of carboxylic acid groups (broad SMARTS) is 1. The second-order valence-corrected chi connectivity index (χ2v) is 3.10. The summed E-state index contributed by atoms with van der Waals surface area (Å²) < 4.78 is 1.44. The second kappa shape index (κ2) is 3.54. The third-order valence-corrected chi connectivity index (χ3v) is 2.04. The van der Waals surface area contributed by atoms with Gasteiger partial charge >= 0.3 is 6.09 Å². The van der Waals surface area contributed by atoms with Crippen LogP contribution in [-0.2, 0) is 0 Å². The molecule has 2 rings (SSSR count). The van der Waals surface area contributed by atoms with Crippen LogP contribution in [0.5, 0.6) is 0 Å². The van der Waals surface area contributed by atoms with Crippen LogP contribution in [0, 0.1) is 0 Å². The highest BCUT2D eigenvalue weighted by Crippen LogP contribution is 2.15. The van der Waals surface area contributed by atoms with Gasteiger partial charge in [-0.05, 0) is 12.1 Å². The molecule has 2 aromatic heterocycles. The lowest BCUT2D eigenvalue weighted by Gasteiger charge is -2.01. The molecular formula is C9H8N4O3. The van der Waals surface area contributed by atoms with Crippen LogP contribution in [0.15, 0.2) is 24.5 Å². The molecule has 0 aromatic carbocycles. The van der Waals surface area contributed by atoms with E-state index in [2.05, 4.69) is 10.4 Å². The number of hydrogen-bond acceptors (Lipinski definition) is 3. The van der Waals surface area contributed by atoms with E-state index in [1.54, 1.807) is 0 Å². The topological polar surface area (TPSA) is 110 Å². The molecular weight excluding hydrogens is 212 g/mol. The number of carbonyl (C=O) groups is 2. The molecule has 2 amide bonds. The van der Waals surface area contributed by atoms with Crippen molar-refractivity contribution in [2.75, 3.05) is 5.32 Å². The van der Waals surface area contributed by atoms with Gasteiger partial charge in [0.1, 0.15) is 0 Å². The first-order valence-corrected chi connectivity index (χ1v) is 4.35. The maximum Gasteiger partial charge on any atom is 0.409 e. The molecule has 0 saturated carbocycles. The van der Waals surface area contributed by atoms with Crippen molar-refractivity contribution < 1.29 is 14.7 Å². The largest absolute Gasteiger partial charge is 0.465 e. The van der Waals surface area contributed by atoms with Gasteiger partial charge in [-0.3, -0.25) is 10.1 Å². The number of nitrogens with one attached hydrogen (secondary N) is 1. The number of primary amides is 1. The fourth-order valence-electron chi connectivity index (χ4n) is 1.37. The van der Waals surface area contributed by atoms with Gasteiger partial charge in [0.2, 0.25) is 0 Å². The molecule has 2 aromatic rings. The zero-order valence-corrected chi connectivity index (χ0v) is 8.04. The Labute approximate surface area is 89.5 Å². The van der Waals surface area contributed by atoms with Gasteiger partial charge in [0.25, 0.3) is 5.91 Å². The Bertz CT molecular complexity index is 575. The predicted molar refractivity (Wildman–Crippen MR) is 55.4 cm³/mol. The van der Waals surface area contributed by atoms with Crippen molar-refractivity contribution in [1.82, 2.24) is 9.61 Å². The number of rotatable bonds is 2. The highest BCUT2D eigenvalue weighted by Gasteiger charge is 2.10. The Morgan fingerprint density at radius 1 is 1.50 bits per heavy atom. The Morgan fingerprint density at radius 2 is 2.25 bits per heavy atom. The molecule has 82 valence electrons. The van der Waals surface area contributed by atoms with E-state index in [4.69, 9.17) is 10.8 Å². The quantitative estimate of drug-likeness (QED) is 0.685. The number of nitrogens with zero attached hydrogens (tertiary/aromatic N) is 2. The molecule has 0 bridgehead atoms. The normalized spacial score (nSPS) is 10.2. The molecule has 0 aliphatic carbocycles. The molecule has 0 saturated heterocycles. The number of pyridine rings is 1. The van der Waals surface area contributed by atoms with Crippen LogP contribution >= 0.6 is 0 Å². The van der Waals surface area contributed by atoms with Gasteiger partial charge in [-0.1, -0.05) is 0 Å². The molecule has 0 aliphatic rings. The number of nitrogens with two attached hydrogens (primary N) is 1. The first kappa shape index (κ1) is 9.97. The van der Waals surface area contributed by atoms with Crippen molar-refractivity contribution in [3.8, 4) is 0 Å². The first-order valence-electron chi connectivity index (χ1n) is 4.35. The van der Waals surface area contributed by atoms with E-state index in [0.29, 0.717) is 11.2 Å². The lowest BCUT2D eigenvalue weighted by molar-refractivity contribution is 0.100. The lowest BCUT2D eigenvalue weighted by Crippen LogP contribution is -2.11. The minimum atomic E-state index is -1.18. The van der Waals surface area contributed by atoms with Crippen LogP contribution in [-0.4, -0.2) is 26.7 Å². The zero-order chi connectivity index (χ0) is 11.7. The summed E-state index contributed by atoms with van der Waals surface area (Å²) in [5, 5.41) is 14.6. The number of hydrogen-bond donors (Lipinski definition) is 3. The minimum Gasteiger partial charge on any atom is -0.465 e. The molecule has 0 aliphatic heterocycles. The fraction of sp³-hybridized carbons (Fsp3) is 0. The van der Waals surface area contributed by atoms with Crippen molar-refractivity contribution in [2.45, 2.75) is 0 Å². The highest BCUT2D eigenvalue weighted by atomic mass is 16.4. The predicted octanol–water partition coefficient (Wildman–Crippen LogP) is 0.523. The van der Waals surface area contributed by atoms with E-state index < -0.39 is 12.0 Å². The van der Waals surface area contributed by atoms with E-state index in [1.807, 2.05) is 0 Å². The SMILES string of the molecule is NC(=O)c1cnn2ccc(NC(=O)O)cc12. The average Bonchev–Trinajstić information content (AvgIpc) is 2.59. The summed E-state index contributed by atoms with van der Waals surface area (Å²) >= 11 is 0. The summed E-state index contributed by atoms with van der Waals surface area (Å²) in [4.78, 5) is 21.5. The van der Waals surface area contributed by atoms with Crippen molar-refractivity contribution in [2.24, 2.45) is 5.73 Å². The summed E-state index contributed by atoms with van der Waals surface area (Å²) in [6.07, 6.45) is 1.69. The van der Waals surface area contributed by atoms with Crippen LogP contribution in [0.2, 0.25) is 0 Å². The van der Waals surface area contributed by atoms with Gasteiger partial charge < -0.3 is 10.8 Å². The molecule has 2 heterocycles. The number of fused-ring (bicyclic) bond motifs is 1. The van der Waals surface area contributed by atoms with E-state index in [0.717, 1.165) is 0 Å². The summed E-state index contributed by atoms with van der Waals surface area (Å²) in [7, 11) is 0. The molecule has 0 spiro atoms. The third kappa shape index (κ3) is 1.65. The Kier molecular flexibility index (Phi) is 2.20. The fourth-order valence-corrected chi connectivity index (χ4v) is 1.37. The Balaban J connectivity index is 2.54. The Morgan fingerprint density at radius 3 is 2.88 bits per heavy atom. The molecule has 16 heavy (non-hydrogen) atoms. The van der Waals surface area contributed by atoms with E-state index >= 15 is 0 Å². The number of aromatic nitrogens is 2. The summed E-state index contributed by atoms with van der Waals surface area (Å²) in [5.74, 6) is -0.609. The molecule has 7 heteroatoms. The van der Waals surface area contributed by atoms with Crippen molar-refractivity contribution in [1.29, 1.82) is 0 Å². The standard InChI is InChI=1S/C9H8N4O3/c10-8(14)6-4-11-13-2-1-5(3-7(6)13)12-9(15)16/h1-4,12H,(H2,10,14)(H,15,16). The number of amides is 2. The first-order chi connectivity index (χ1) is 7.58. The minimum absolute atomic E-state index is 0.244. The molecule has 0 unspecified atom stereocenters. The third-order valence-electron chi connectivity index (χ3n) is 2.04. The number of carbonyl (C=O) groups excluding carboxylic acids is 1. The van der Waals surface area contributed by atoms with E-state index in [-0.39, 0.29) is 5.56 Å². The van der Waals surface area contributed by atoms with Crippen LogP contribution in [0.25, 0.3) is 5.52 Å². The monoisotopic (exact) mass is 220 g/mol.